The molecular weight excluding hydrogens is 300 g/mol. The molecule has 122 valence electrons. The van der Waals surface area contributed by atoms with Crippen LogP contribution in [0.5, 0.6) is 0 Å². The lowest BCUT2D eigenvalue weighted by Crippen LogP contribution is -2.18. The summed E-state index contributed by atoms with van der Waals surface area (Å²) in [6.45, 7) is 0. The number of benzene rings is 2. The van der Waals surface area contributed by atoms with Crippen LogP contribution in [0.3, 0.4) is 0 Å². The maximum absolute atomic E-state index is 7.69. The molecule has 0 radical (unpaired) electrons. The fraction of sp³-hybridized carbons (Fsp3) is 0.222. The lowest BCUT2D eigenvalue weighted by Gasteiger charge is -2.29. The third kappa shape index (κ3) is 2.19. The average molecular weight is 320 g/mol. The van der Waals surface area contributed by atoms with Crippen molar-refractivity contribution in [2.45, 2.75) is 25.3 Å². The fourth-order valence-corrected chi connectivity index (χ4v) is 3.19. The van der Waals surface area contributed by atoms with Gasteiger partial charge in [-0.3, -0.25) is 5.41 Å². The van der Waals surface area contributed by atoms with Crippen molar-refractivity contribution in [2.75, 3.05) is 11.5 Å². The highest BCUT2D eigenvalue weighted by atomic mass is 15.1. The van der Waals surface area contributed by atoms with Gasteiger partial charge >= 0.3 is 0 Å². The van der Waals surface area contributed by atoms with E-state index in [9.17, 15) is 0 Å². The molecule has 0 saturated heterocycles. The number of nitrogens with one attached hydrogen (secondary N) is 1. The minimum absolute atomic E-state index is 0.0662. The number of hydrogen-bond acceptors (Lipinski definition) is 4. The largest absolute Gasteiger partial charge is 0.397 e. The van der Waals surface area contributed by atoms with Gasteiger partial charge in [-0.15, -0.1) is 0 Å². The van der Waals surface area contributed by atoms with Crippen molar-refractivity contribution in [2.24, 2.45) is 5.73 Å². The second-order valence-corrected chi connectivity index (χ2v) is 6.35. The SMILES string of the molecule is N=C(N)c1ccc2nc(-c3ccc(N)c(N)c3)n(C3CCC3)c2c1. The summed E-state index contributed by atoms with van der Waals surface area (Å²) in [7, 11) is 0. The van der Waals surface area contributed by atoms with E-state index in [0.29, 0.717) is 23.0 Å². The van der Waals surface area contributed by atoms with Crippen molar-refractivity contribution < 1.29 is 0 Å². The van der Waals surface area contributed by atoms with Crippen molar-refractivity contribution in [3.8, 4) is 11.4 Å². The Morgan fingerprint density at radius 1 is 1.08 bits per heavy atom. The van der Waals surface area contributed by atoms with Gasteiger partial charge in [-0.25, -0.2) is 4.98 Å². The lowest BCUT2D eigenvalue weighted by molar-refractivity contribution is 0.323. The molecule has 0 amide bonds. The van der Waals surface area contributed by atoms with Crippen molar-refractivity contribution in [1.29, 1.82) is 5.41 Å². The van der Waals surface area contributed by atoms with E-state index in [4.69, 9.17) is 27.6 Å². The summed E-state index contributed by atoms with van der Waals surface area (Å²) >= 11 is 0. The van der Waals surface area contributed by atoms with E-state index in [2.05, 4.69) is 4.57 Å². The van der Waals surface area contributed by atoms with Gasteiger partial charge in [0, 0.05) is 17.2 Å². The number of nitrogen functional groups attached to an aromatic ring is 3. The Kier molecular flexibility index (Phi) is 3.19. The Morgan fingerprint density at radius 2 is 1.88 bits per heavy atom. The minimum atomic E-state index is 0.0662. The number of aromatic nitrogens is 2. The number of anilines is 2. The highest BCUT2D eigenvalue weighted by Gasteiger charge is 2.25. The van der Waals surface area contributed by atoms with Crippen molar-refractivity contribution in [3.05, 3.63) is 42.0 Å². The van der Waals surface area contributed by atoms with Crippen LogP contribution in [0, 0.1) is 5.41 Å². The summed E-state index contributed by atoms with van der Waals surface area (Å²) in [6.07, 6.45) is 3.49. The van der Waals surface area contributed by atoms with E-state index < -0.39 is 0 Å². The smallest absolute Gasteiger partial charge is 0.141 e. The van der Waals surface area contributed by atoms with Crippen LogP contribution < -0.4 is 17.2 Å². The molecule has 2 aromatic carbocycles. The first-order chi connectivity index (χ1) is 11.5. The molecule has 4 rings (SSSR count). The van der Waals surface area contributed by atoms with E-state index in [1.54, 1.807) is 0 Å². The zero-order valence-corrected chi connectivity index (χ0v) is 13.3. The molecular formula is C18H20N6. The van der Waals surface area contributed by atoms with Crippen LogP contribution in [0.1, 0.15) is 30.9 Å². The van der Waals surface area contributed by atoms with E-state index >= 15 is 0 Å². The van der Waals surface area contributed by atoms with Crippen molar-refractivity contribution in [3.63, 3.8) is 0 Å². The van der Waals surface area contributed by atoms with Gasteiger partial charge in [-0.05, 0) is 55.7 Å². The van der Waals surface area contributed by atoms with Gasteiger partial charge in [-0.1, -0.05) is 0 Å². The molecule has 1 saturated carbocycles. The van der Waals surface area contributed by atoms with Gasteiger partial charge in [0.25, 0.3) is 0 Å². The standard InChI is InChI=1S/C18H20N6/c19-13-6-4-11(8-14(13)20)18-23-15-7-5-10(17(21)22)9-16(15)24(18)12-2-1-3-12/h4-9,12H,1-3,19-20H2,(H3,21,22). The number of hydrogen-bond donors (Lipinski definition) is 4. The van der Waals surface area contributed by atoms with E-state index in [-0.39, 0.29) is 5.84 Å². The molecule has 24 heavy (non-hydrogen) atoms. The number of fused-ring (bicyclic) bond motifs is 1. The number of rotatable bonds is 3. The van der Waals surface area contributed by atoms with Gasteiger partial charge in [0.05, 0.1) is 22.4 Å². The summed E-state index contributed by atoms with van der Waals surface area (Å²) in [4.78, 5) is 4.81. The van der Waals surface area contributed by atoms with E-state index in [1.165, 1.54) is 6.42 Å². The number of nitrogens with two attached hydrogens (primary N) is 3. The van der Waals surface area contributed by atoms with Crippen molar-refractivity contribution >= 4 is 28.2 Å². The monoisotopic (exact) mass is 320 g/mol. The summed E-state index contributed by atoms with van der Waals surface area (Å²) in [5, 5.41) is 7.69. The van der Waals surface area contributed by atoms with E-state index in [0.717, 1.165) is 35.3 Å². The Labute approximate surface area is 139 Å². The van der Waals surface area contributed by atoms with Gasteiger partial charge in [0.1, 0.15) is 11.7 Å². The first-order valence-electron chi connectivity index (χ1n) is 8.06. The average Bonchev–Trinajstić information content (AvgIpc) is 2.87. The molecule has 0 bridgehead atoms. The van der Waals surface area contributed by atoms with Gasteiger partial charge < -0.3 is 21.8 Å². The molecule has 6 heteroatoms. The molecule has 1 aliphatic carbocycles. The molecule has 6 nitrogen and oxygen atoms in total. The van der Waals surface area contributed by atoms with Crippen LogP contribution in [-0.2, 0) is 0 Å². The molecule has 1 heterocycles. The zero-order valence-electron chi connectivity index (χ0n) is 13.3. The minimum Gasteiger partial charge on any atom is -0.397 e. The second-order valence-electron chi connectivity index (χ2n) is 6.35. The normalized spacial score (nSPS) is 14.7. The van der Waals surface area contributed by atoms with Gasteiger partial charge in [-0.2, -0.15) is 0 Å². The summed E-state index contributed by atoms with van der Waals surface area (Å²) in [5.74, 6) is 0.957. The Bertz CT molecular complexity index is 952. The van der Waals surface area contributed by atoms with Crippen LogP contribution in [0.25, 0.3) is 22.4 Å². The quantitative estimate of drug-likeness (QED) is 0.337. The molecule has 1 fully saturated rings. The van der Waals surface area contributed by atoms with Crippen molar-refractivity contribution in [1.82, 2.24) is 9.55 Å². The predicted octanol–water partition coefficient (Wildman–Crippen LogP) is 2.88. The Hall–Kier alpha value is -3.02. The summed E-state index contributed by atoms with van der Waals surface area (Å²) in [5.41, 5.74) is 22.2. The molecule has 7 N–H and O–H groups in total. The fourth-order valence-electron chi connectivity index (χ4n) is 3.19. The highest BCUT2D eigenvalue weighted by Crippen LogP contribution is 2.39. The molecule has 0 aliphatic heterocycles. The molecule has 0 unspecified atom stereocenters. The second kappa shape index (κ2) is 5.26. The molecule has 1 aliphatic rings. The Balaban J connectivity index is 1.96. The first kappa shape index (κ1) is 14.6. The maximum atomic E-state index is 7.69. The van der Waals surface area contributed by atoms with Crippen LogP contribution in [0.15, 0.2) is 36.4 Å². The lowest BCUT2D eigenvalue weighted by atomic mass is 9.92. The topological polar surface area (TPSA) is 120 Å². The predicted molar refractivity (Wildman–Crippen MR) is 97.9 cm³/mol. The third-order valence-electron chi connectivity index (χ3n) is 4.79. The molecule has 3 aromatic rings. The molecule has 0 spiro atoms. The van der Waals surface area contributed by atoms with Gasteiger partial charge in [0.2, 0.25) is 0 Å². The number of imidazole rings is 1. The van der Waals surface area contributed by atoms with Crippen LogP contribution in [0.2, 0.25) is 0 Å². The highest BCUT2D eigenvalue weighted by molar-refractivity contribution is 5.98. The molecule has 0 atom stereocenters. The maximum Gasteiger partial charge on any atom is 0.141 e. The number of nitrogens with zero attached hydrogens (tertiary/aromatic N) is 2. The summed E-state index contributed by atoms with van der Waals surface area (Å²) in [6, 6.07) is 11.8. The number of amidine groups is 1. The zero-order chi connectivity index (χ0) is 16.8. The Morgan fingerprint density at radius 3 is 2.50 bits per heavy atom. The third-order valence-corrected chi connectivity index (χ3v) is 4.79. The van der Waals surface area contributed by atoms with Crippen LogP contribution in [0.4, 0.5) is 11.4 Å². The first-order valence-corrected chi connectivity index (χ1v) is 8.06. The van der Waals surface area contributed by atoms with Crippen LogP contribution >= 0.6 is 0 Å². The molecule has 1 aromatic heterocycles. The summed E-state index contributed by atoms with van der Waals surface area (Å²) < 4.78 is 2.26. The van der Waals surface area contributed by atoms with Crippen LogP contribution in [-0.4, -0.2) is 15.4 Å². The van der Waals surface area contributed by atoms with E-state index in [1.807, 2.05) is 36.4 Å². The van der Waals surface area contributed by atoms with Gasteiger partial charge in [0.15, 0.2) is 0 Å².